The van der Waals surface area contributed by atoms with E-state index < -0.39 is 30.0 Å². The second-order valence-corrected chi connectivity index (χ2v) is 10.4. The number of pyridine rings is 1. The smallest absolute Gasteiger partial charge is 0.251 e. The number of hydrogen-bond donors (Lipinski definition) is 4. The highest BCUT2D eigenvalue weighted by Crippen LogP contribution is 2.33. The minimum atomic E-state index is -1.48. The molecule has 200 valence electrons. The number of carbonyl (C=O) groups excluding carboxylic acids is 3. The van der Waals surface area contributed by atoms with Gasteiger partial charge in [-0.3, -0.25) is 19.4 Å². The van der Waals surface area contributed by atoms with Crippen molar-refractivity contribution in [2.24, 2.45) is 17.8 Å². The predicted molar refractivity (Wildman–Crippen MR) is 142 cm³/mol. The number of aromatic nitrogens is 1. The molecule has 3 atom stereocenters. The Hall–Kier alpha value is -3.26. The predicted octanol–water partition coefficient (Wildman–Crippen LogP) is 2.75. The van der Waals surface area contributed by atoms with Crippen molar-refractivity contribution in [2.45, 2.75) is 77.6 Å². The van der Waals surface area contributed by atoms with E-state index >= 15 is 0 Å². The number of rotatable bonds is 11. The molecule has 1 aromatic heterocycles. The van der Waals surface area contributed by atoms with Gasteiger partial charge in [-0.25, -0.2) is 0 Å². The largest absolute Gasteiger partial charge is 0.381 e. The molecule has 1 aliphatic carbocycles. The Morgan fingerprint density at radius 1 is 0.919 bits per heavy atom. The summed E-state index contributed by atoms with van der Waals surface area (Å²) in [6.45, 7) is 6.22. The van der Waals surface area contributed by atoms with E-state index in [0.717, 1.165) is 31.2 Å². The van der Waals surface area contributed by atoms with Gasteiger partial charge >= 0.3 is 0 Å². The van der Waals surface area contributed by atoms with Crippen LogP contribution in [0.15, 0.2) is 54.7 Å². The Kier molecular flexibility index (Phi) is 10.6. The number of benzene rings is 1. The van der Waals surface area contributed by atoms with Crippen LogP contribution >= 0.6 is 0 Å². The first-order chi connectivity index (χ1) is 17.7. The fourth-order valence-electron chi connectivity index (χ4n) is 4.83. The first kappa shape index (κ1) is 28.3. The van der Waals surface area contributed by atoms with Crippen molar-refractivity contribution < 1.29 is 19.5 Å². The average Bonchev–Trinajstić information content (AvgIpc) is 2.92. The number of carbonyl (C=O) groups is 3. The third kappa shape index (κ3) is 8.67. The van der Waals surface area contributed by atoms with Crippen LogP contribution < -0.4 is 16.0 Å². The summed E-state index contributed by atoms with van der Waals surface area (Å²) in [6.07, 6.45) is 4.10. The Balaban J connectivity index is 1.59. The molecule has 1 unspecified atom stereocenters. The summed E-state index contributed by atoms with van der Waals surface area (Å²) in [6, 6.07) is 13.0. The molecule has 4 N–H and O–H groups in total. The maximum atomic E-state index is 13.0. The van der Waals surface area contributed by atoms with Crippen molar-refractivity contribution in [2.75, 3.05) is 0 Å². The standard InChI is InChI=1S/C29H40N4O4/c1-19(2)22-12-14-23(15-13-22)28(36)32-20(3)27(35)33-25(17-21-9-5-4-6-10-21)26(34)29(37)31-18-24-11-7-8-16-30-24/h4-11,16,19-20,22-23,25-26,34H,12-15,17-18H2,1-3H3,(H,31,37)(H,32,36)(H,33,35)/t20-,22?,23?,25-,26?/m1/s1. The molecule has 0 radical (unpaired) electrons. The normalized spacial score (nSPS) is 19.9. The van der Waals surface area contributed by atoms with Gasteiger partial charge in [-0.05, 0) is 68.6 Å². The lowest BCUT2D eigenvalue weighted by Gasteiger charge is -2.31. The van der Waals surface area contributed by atoms with Crippen molar-refractivity contribution in [3.63, 3.8) is 0 Å². The van der Waals surface area contributed by atoms with E-state index in [4.69, 9.17) is 0 Å². The molecule has 1 fully saturated rings. The van der Waals surface area contributed by atoms with Gasteiger partial charge in [0.2, 0.25) is 11.8 Å². The van der Waals surface area contributed by atoms with Crippen molar-refractivity contribution in [1.29, 1.82) is 0 Å². The summed E-state index contributed by atoms with van der Waals surface area (Å²) in [5, 5.41) is 19.2. The molecule has 37 heavy (non-hydrogen) atoms. The zero-order chi connectivity index (χ0) is 26.8. The van der Waals surface area contributed by atoms with E-state index in [9.17, 15) is 19.5 Å². The van der Waals surface area contributed by atoms with Crippen LogP contribution in [-0.4, -0.2) is 46.0 Å². The van der Waals surface area contributed by atoms with Crippen molar-refractivity contribution in [3.8, 4) is 0 Å². The van der Waals surface area contributed by atoms with Crippen LogP contribution in [0.4, 0.5) is 0 Å². The quantitative estimate of drug-likeness (QED) is 0.372. The fraction of sp³-hybridized carbons (Fsp3) is 0.517. The third-order valence-corrected chi connectivity index (χ3v) is 7.28. The molecular weight excluding hydrogens is 468 g/mol. The number of hydrogen-bond acceptors (Lipinski definition) is 5. The molecule has 1 saturated carbocycles. The summed E-state index contributed by atoms with van der Waals surface area (Å²) in [5.41, 5.74) is 1.52. The van der Waals surface area contributed by atoms with E-state index in [1.165, 1.54) is 0 Å². The lowest BCUT2D eigenvalue weighted by molar-refractivity contribution is -0.135. The van der Waals surface area contributed by atoms with E-state index in [-0.39, 0.29) is 24.8 Å². The average molecular weight is 509 g/mol. The highest BCUT2D eigenvalue weighted by Gasteiger charge is 2.32. The molecule has 0 spiro atoms. The molecule has 3 rings (SSSR count). The van der Waals surface area contributed by atoms with Gasteiger partial charge in [0, 0.05) is 12.1 Å². The number of nitrogens with one attached hydrogen (secondary N) is 3. The molecule has 0 bridgehead atoms. The van der Waals surface area contributed by atoms with Crippen LogP contribution in [-0.2, 0) is 27.3 Å². The lowest BCUT2D eigenvalue weighted by atomic mass is 9.76. The molecule has 8 nitrogen and oxygen atoms in total. The zero-order valence-electron chi connectivity index (χ0n) is 22.0. The van der Waals surface area contributed by atoms with Crippen molar-refractivity contribution in [1.82, 2.24) is 20.9 Å². The highest BCUT2D eigenvalue weighted by molar-refractivity contribution is 5.89. The van der Waals surface area contributed by atoms with Gasteiger partial charge in [0.25, 0.3) is 5.91 Å². The Morgan fingerprint density at radius 2 is 1.59 bits per heavy atom. The summed E-state index contributed by atoms with van der Waals surface area (Å²) in [4.78, 5) is 42.8. The Labute approximate surface area is 219 Å². The second kappa shape index (κ2) is 13.9. The van der Waals surface area contributed by atoms with Crippen LogP contribution in [0.5, 0.6) is 0 Å². The fourth-order valence-corrected chi connectivity index (χ4v) is 4.83. The van der Waals surface area contributed by atoms with E-state index in [1.54, 1.807) is 25.3 Å². The second-order valence-electron chi connectivity index (χ2n) is 10.4. The Morgan fingerprint density at radius 3 is 2.22 bits per heavy atom. The maximum Gasteiger partial charge on any atom is 0.251 e. The molecule has 1 heterocycles. The minimum absolute atomic E-state index is 0.0895. The summed E-state index contributed by atoms with van der Waals surface area (Å²) in [7, 11) is 0. The summed E-state index contributed by atoms with van der Waals surface area (Å²) < 4.78 is 0. The molecule has 0 aliphatic heterocycles. The van der Waals surface area contributed by atoms with Crippen LogP contribution in [0.3, 0.4) is 0 Å². The molecule has 8 heteroatoms. The molecular formula is C29H40N4O4. The van der Waals surface area contributed by atoms with Crippen LogP contribution in [0, 0.1) is 17.8 Å². The number of aliphatic hydroxyl groups excluding tert-OH is 1. The molecule has 0 saturated heterocycles. The topological polar surface area (TPSA) is 120 Å². The molecule has 1 aromatic carbocycles. The maximum absolute atomic E-state index is 13.0. The summed E-state index contributed by atoms with van der Waals surface area (Å²) in [5.74, 6) is 0.00956. The minimum Gasteiger partial charge on any atom is -0.381 e. The first-order valence-electron chi connectivity index (χ1n) is 13.2. The van der Waals surface area contributed by atoms with Gasteiger partial charge in [0.05, 0.1) is 18.3 Å². The molecule has 2 aromatic rings. The molecule has 1 aliphatic rings. The van der Waals surface area contributed by atoms with E-state index in [2.05, 4.69) is 34.8 Å². The van der Waals surface area contributed by atoms with Crippen LogP contribution in [0.1, 0.15) is 57.7 Å². The summed E-state index contributed by atoms with van der Waals surface area (Å²) >= 11 is 0. The van der Waals surface area contributed by atoms with Crippen molar-refractivity contribution in [3.05, 3.63) is 66.0 Å². The number of amides is 3. The van der Waals surface area contributed by atoms with Crippen molar-refractivity contribution >= 4 is 17.7 Å². The molecule has 3 amide bonds. The zero-order valence-corrected chi connectivity index (χ0v) is 22.0. The number of nitrogens with zero attached hydrogens (tertiary/aromatic N) is 1. The highest BCUT2D eigenvalue weighted by atomic mass is 16.3. The van der Waals surface area contributed by atoms with Crippen LogP contribution in [0.2, 0.25) is 0 Å². The van der Waals surface area contributed by atoms with E-state index in [1.807, 2.05) is 36.4 Å². The van der Waals surface area contributed by atoms with Gasteiger partial charge in [0.15, 0.2) is 6.10 Å². The number of aliphatic hydroxyl groups is 1. The van der Waals surface area contributed by atoms with E-state index in [0.29, 0.717) is 17.5 Å². The van der Waals surface area contributed by atoms with Gasteiger partial charge in [-0.1, -0.05) is 50.2 Å². The monoisotopic (exact) mass is 508 g/mol. The SMILES string of the molecule is CC(C)C1CCC(C(=O)N[C@H](C)C(=O)N[C@H](Cc2ccccc2)C(O)C(=O)NCc2ccccn2)CC1. The Bertz CT molecular complexity index is 1010. The van der Waals surface area contributed by atoms with Crippen LogP contribution in [0.25, 0.3) is 0 Å². The van der Waals surface area contributed by atoms with Gasteiger partial charge in [0.1, 0.15) is 6.04 Å². The van der Waals surface area contributed by atoms with Gasteiger partial charge in [-0.15, -0.1) is 0 Å². The van der Waals surface area contributed by atoms with Gasteiger partial charge in [-0.2, -0.15) is 0 Å². The first-order valence-corrected chi connectivity index (χ1v) is 13.2. The lowest BCUT2D eigenvalue weighted by Crippen LogP contribution is -2.56. The third-order valence-electron chi connectivity index (χ3n) is 7.28. The van der Waals surface area contributed by atoms with Gasteiger partial charge < -0.3 is 21.1 Å².